The Kier molecular flexibility index (Phi) is 5.41. The van der Waals surface area contributed by atoms with Gasteiger partial charge in [0.2, 0.25) is 11.8 Å². The first-order valence-corrected chi connectivity index (χ1v) is 10.3. The molecule has 152 valence electrons. The molecule has 7 nitrogen and oxygen atoms in total. The van der Waals surface area contributed by atoms with Gasteiger partial charge in [0.15, 0.2) is 5.16 Å². The molecule has 0 saturated heterocycles. The van der Waals surface area contributed by atoms with Crippen LogP contribution < -0.4 is 10.9 Å². The highest BCUT2D eigenvalue weighted by Gasteiger charge is 2.21. The number of rotatable bonds is 5. The monoisotopic (exact) mass is 420 g/mol. The van der Waals surface area contributed by atoms with Gasteiger partial charge in [-0.25, -0.2) is 4.98 Å². The van der Waals surface area contributed by atoms with Gasteiger partial charge in [0.05, 0.1) is 27.5 Å². The van der Waals surface area contributed by atoms with E-state index in [0.29, 0.717) is 27.4 Å². The Morgan fingerprint density at radius 3 is 2.57 bits per heavy atom. The Morgan fingerprint density at radius 2 is 1.87 bits per heavy atom. The Balaban J connectivity index is 1.73. The number of amides is 1. The molecule has 8 heteroatoms. The van der Waals surface area contributed by atoms with E-state index in [1.54, 1.807) is 36.6 Å². The summed E-state index contributed by atoms with van der Waals surface area (Å²) in [6.07, 6.45) is 0. The maximum Gasteiger partial charge on any atom is 0.266 e. The molecule has 0 radical (unpaired) electrons. The Labute approximate surface area is 177 Å². The maximum atomic E-state index is 13.3. The predicted molar refractivity (Wildman–Crippen MR) is 117 cm³/mol. The highest BCUT2D eigenvalue weighted by Crippen LogP contribution is 2.26. The van der Waals surface area contributed by atoms with Crippen LogP contribution in [0.1, 0.15) is 18.2 Å². The zero-order chi connectivity index (χ0) is 21.3. The fourth-order valence-electron chi connectivity index (χ4n) is 2.97. The van der Waals surface area contributed by atoms with Gasteiger partial charge in [-0.2, -0.15) is 0 Å². The van der Waals surface area contributed by atoms with Crippen LogP contribution in [0.4, 0.5) is 5.88 Å². The molecular weight excluding hydrogens is 400 g/mol. The Bertz CT molecular complexity index is 1280. The van der Waals surface area contributed by atoms with Gasteiger partial charge in [0, 0.05) is 6.07 Å². The van der Waals surface area contributed by atoms with Crippen molar-refractivity contribution in [1.29, 1.82) is 0 Å². The number of carbonyl (C=O) groups excluding carboxylic acids is 1. The van der Waals surface area contributed by atoms with Crippen molar-refractivity contribution in [2.24, 2.45) is 0 Å². The van der Waals surface area contributed by atoms with Gasteiger partial charge in [-0.05, 0) is 45.0 Å². The quantitative estimate of drug-likeness (QED) is 0.386. The van der Waals surface area contributed by atoms with Crippen molar-refractivity contribution in [2.75, 3.05) is 5.32 Å². The normalized spacial score (nSPS) is 12.1. The largest absolute Gasteiger partial charge is 0.338 e. The van der Waals surface area contributed by atoms with Gasteiger partial charge in [0.25, 0.3) is 5.56 Å². The molecule has 1 unspecified atom stereocenters. The number of hydrogen-bond donors (Lipinski definition) is 1. The summed E-state index contributed by atoms with van der Waals surface area (Å²) in [5.41, 5.74) is 2.88. The number of nitrogens with one attached hydrogen (secondary N) is 1. The van der Waals surface area contributed by atoms with E-state index in [1.165, 1.54) is 11.8 Å². The molecule has 0 bridgehead atoms. The molecular formula is C22H20N4O3S. The lowest BCUT2D eigenvalue weighted by atomic mass is 10.2. The van der Waals surface area contributed by atoms with E-state index in [-0.39, 0.29) is 17.4 Å². The van der Waals surface area contributed by atoms with Gasteiger partial charge in [-0.1, -0.05) is 46.7 Å². The molecule has 2 aromatic carbocycles. The smallest absolute Gasteiger partial charge is 0.266 e. The third-order valence-corrected chi connectivity index (χ3v) is 5.62. The number of fused-ring (bicyclic) bond motifs is 1. The number of benzene rings is 2. The van der Waals surface area contributed by atoms with Gasteiger partial charge >= 0.3 is 0 Å². The first-order chi connectivity index (χ1) is 14.4. The highest BCUT2D eigenvalue weighted by molar-refractivity contribution is 8.00. The lowest BCUT2D eigenvalue weighted by Crippen LogP contribution is -2.26. The Morgan fingerprint density at radius 1 is 1.13 bits per heavy atom. The summed E-state index contributed by atoms with van der Waals surface area (Å²) >= 11 is 1.21. The number of para-hydroxylation sites is 1. The number of aryl methyl sites for hydroxylation is 2. The van der Waals surface area contributed by atoms with Crippen LogP contribution in [0.3, 0.4) is 0 Å². The molecule has 0 spiro atoms. The maximum absolute atomic E-state index is 13.3. The number of carbonyl (C=O) groups is 1. The minimum Gasteiger partial charge on any atom is -0.338 e. The number of aromatic nitrogens is 3. The van der Waals surface area contributed by atoms with Crippen molar-refractivity contribution < 1.29 is 9.32 Å². The van der Waals surface area contributed by atoms with Gasteiger partial charge in [-0.15, -0.1) is 0 Å². The second-order valence-electron chi connectivity index (χ2n) is 6.97. The van der Waals surface area contributed by atoms with E-state index < -0.39 is 5.25 Å². The second kappa shape index (κ2) is 8.16. The van der Waals surface area contributed by atoms with E-state index in [9.17, 15) is 9.59 Å². The summed E-state index contributed by atoms with van der Waals surface area (Å²) in [5.74, 6) is 0.0151. The lowest BCUT2D eigenvalue weighted by molar-refractivity contribution is -0.115. The average molecular weight is 420 g/mol. The van der Waals surface area contributed by atoms with Crippen LogP contribution in [0, 0.1) is 13.8 Å². The zero-order valence-electron chi connectivity index (χ0n) is 16.7. The van der Waals surface area contributed by atoms with E-state index >= 15 is 0 Å². The van der Waals surface area contributed by atoms with Crippen LogP contribution in [-0.4, -0.2) is 25.9 Å². The fraction of sp³-hybridized carbons (Fsp3) is 0.182. The Hall–Kier alpha value is -3.39. The van der Waals surface area contributed by atoms with Crippen LogP contribution in [0.2, 0.25) is 0 Å². The average Bonchev–Trinajstić information content (AvgIpc) is 3.14. The minimum atomic E-state index is -0.528. The number of nitrogens with zero attached hydrogens (tertiary/aromatic N) is 3. The number of hydrogen-bond acceptors (Lipinski definition) is 6. The lowest BCUT2D eigenvalue weighted by Gasteiger charge is -2.16. The summed E-state index contributed by atoms with van der Waals surface area (Å²) < 4.78 is 6.60. The first kappa shape index (κ1) is 19.9. The topological polar surface area (TPSA) is 90.0 Å². The number of thioether (sulfide) groups is 1. The van der Waals surface area contributed by atoms with Crippen molar-refractivity contribution in [1.82, 2.24) is 14.7 Å². The molecule has 4 rings (SSSR count). The molecule has 1 amide bonds. The van der Waals surface area contributed by atoms with Crippen molar-refractivity contribution in [3.05, 3.63) is 76.2 Å². The summed E-state index contributed by atoms with van der Waals surface area (Å²) in [6.45, 7) is 5.51. The third kappa shape index (κ3) is 3.99. The number of anilines is 1. The van der Waals surface area contributed by atoms with Crippen LogP contribution >= 0.6 is 11.8 Å². The van der Waals surface area contributed by atoms with Crippen molar-refractivity contribution in [2.45, 2.75) is 31.2 Å². The molecule has 0 aliphatic heterocycles. The summed E-state index contributed by atoms with van der Waals surface area (Å²) in [6, 6.07) is 16.5. The van der Waals surface area contributed by atoms with Gasteiger partial charge in [-0.3, -0.25) is 19.5 Å². The third-order valence-electron chi connectivity index (χ3n) is 4.56. The zero-order valence-corrected chi connectivity index (χ0v) is 17.6. The van der Waals surface area contributed by atoms with Crippen LogP contribution in [0.25, 0.3) is 16.6 Å². The summed E-state index contributed by atoms with van der Waals surface area (Å²) in [4.78, 5) is 30.6. The van der Waals surface area contributed by atoms with E-state index in [4.69, 9.17) is 4.52 Å². The standard InChI is InChI=1S/C22H20N4O3S/c1-13-8-10-16(11-9-13)26-21(28)17-6-4-5-7-18(17)23-22(26)30-15(3)20(27)24-19-12-14(2)25-29-19/h4-12,15H,1-3H3,(H,24,27). The molecule has 1 atom stereocenters. The molecule has 0 saturated carbocycles. The van der Waals surface area contributed by atoms with Gasteiger partial charge in [0.1, 0.15) is 0 Å². The first-order valence-electron chi connectivity index (χ1n) is 9.42. The van der Waals surface area contributed by atoms with E-state index in [0.717, 1.165) is 5.56 Å². The van der Waals surface area contributed by atoms with Crippen molar-refractivity contribution in [3.63, 3.8) is 0 Å². The predicted octanol–water partition coefficient (Wildman–Crippen LogP) is 4.11. The molecule has 30 heavy (non-hydrogen) atoms. The molecule has 2 heterocycles. The fourth-order valence-corrected chi connectivity index (χ4v) is 3.90. The summed E-state index contributed by atoms with van der Waals surface area (Å²) in [7, 11) is 0. The van der Waals surface area contributed by atoms with Crippen molar-refractivity contribution in [3.8, 4) is 5.69 Å². The molecule has 1 N–H and O–H groups in total. The highest BCUT2D eigenvalue weighted by atomic mass is 32.2. The van der Waals surface area contributed by atoms with E-state index in [2.05, 4.69) is 15.5 Å². The van der Waals surface area contributed by atoms with Crippen LogP contribution in [-0.2, 0) is 4.79 Å². The van der Waals surface area contributed by atoms with Crippen LogP contribution in [0.15, 0.2) is 69.1 Å². The summed E-state index contributed by atoms with van der Waals surface area (Å²) in [5, 5.41) is 6.90. The molecule has 4 aromatic rings. The SMILES string of the molecule is Cc1ccc(-n2c(SC(C)C(=O)Nc3cc(C)no3)nc3ccccc3c2=O)cc1. The second-order valence-corrected chi connectivity index (χ2v) is 8.28. The van der Waals surface area contributed by atoms with Gasteiger partial charge < -0.3 is 4.52 Å². The minimum absolute atomic E-state index is 0.176. The van der Waals surface area contributed by atoms with Crippen molar-refractivity contribution >= 4 is 34.5 Å². The van der Waals surface area contributed by atoms with E-state index in [1.807, 2.05) is 43.3 Å². The molecule has 0 fully saturated rings. The molecule has 0 aliphatic carbocycles. The molecule has 0 aliphatic rings. The molecule has 2 aromatic heterocycles. The van der Waals surface area contributed by atoms with Crippen LogP contribution in [0.5, 0.6) is 0 Å².